The molecule has 0 bridgehead atoms. The van der Waals surface area contributed by atoms with Gasteiger partial charge in [0.15, 0.2) is 0 Å². The normalized spacial score (nSPS) is 12.1. The summed E-state index contributed by atoms with van der Waals surface area (Å²) in [4.78, 5) is 24.1. The monoisotopic (exact) mass is 320 g/mol. The predicted molar refractivity (Wildman–Crippen MR) is 89.9 cm³/mol. The van der Waals surface area contributed by atoms with Gasteiger partial charge in [-0.3, -0.25) is 14.7 Å². The molecule has 0 unspecified atom stereocenters. The lowest BCUT2D eigenvalue weighted by Gasteiger charge is -2.18. The molecule has 2 aromatic rings. The van der Waals surface area contributed by atoms with E-state index < -0.39 is 6.04 Å². The van der Waals surface area contributed by atoms with Gasteiger partial charge in [0.05, 0.1) is 17.4 Å². The van der Waals surface area contributed by atoms with Crippen molar-refractivity contribution < 1.29 is 9.59 Å². The van der Waals surface area contributed by atoms with Gasteiger partial charge < -0.3 is 10.6 Å². The minimum absolute atomic E-state index is 0.124. The lowest BCUT2D eigenvalue weighted by molar-refractivity contribution is -0.126. The highest BCUT2D eigenvalue weighted by molar-refractivity contribution is 7.98. The third-order valence-corrected chi connectivity index (χ3v) is 3.96. The Kier molecular flexibility index (Phi) is 5.83. The molecular formula is C15H20N4O2S. The number of nitrogens with one attached hydrogen (secondary N) is 3. The number of nitrogens with zero attached hydrogens (tertiary/aromatic N) is 1. The summed E-state index contributed by atoms with van der Waals surface area (Å²) in [6.07, 6.45) is 4.63. The highest BCUT2D eigenvalue weighted by Crippen LogP contribution is 2.20. The van der Waals surface area contributed by atoms with Crippen molar-refractivity contribution in [2.45, 2.75) is 25.8 Å². The van der Waals surface area contributed by atoms with Gasteiger partial charge in [0, 0.05) is 11.8 Å². The molecule has 0 radical (unpaired) electrons. The fourth-order valence-corrected chi connectivity index (χ4v) is 2.57. The molecule has 0 fully saturated rings. The second-order valence-electron chi connectivity index (χ2n) is 4.88. The molecule has 0 spiro atoms. The Labute approximate surface area is 133 Å². The number of carbonyl (C=O) groups is 2. The van der Waals surface area contributed by atoms with Crippen molar-refractivity contribution in [1.82, 2.24) is 15.5 Å². The molecule has 1 heterocycles. The molecule has 1 atom stereocenters. The first kappa shape index (κ1) is 16.4. The second-order valence-corrected chi connectivity index (χ2v) is 5.87. The van der Waals surface area contributed by atoms with Crippen molar-refractivity contribution >= 4 is 40.2 Å². The predicted octanol–water partition coefficient (Wildman–Crippen LogP) is 2.15. The van der Waals surface area contributed by atoms with E-state index in [1.165, 1.54) is 0 Å². The minimum Gasteiger partial charge on any atom is -0.344 e. The van der Waals surface area contributed by atoms with Crippen LogP contribution in [0, 0.1) is 0 Å². The molecule has 6 nitrogen and oxygen atoms in total. The summed E-state index contributed by atoms with van der Waals surface area (Å²) < 4.78 is 0. The smallest absolute Gasteiger partial charge is 0.247 e. The summed E-state index contributed by atoms with van der Waals surface area (Å²) in [6, 6.07) is 5.05. The molecular weight excluding hydrogens is 300 g/mol. The molecule has 0 saturated heterocycles. The number of fused-ring (bicyclic) bond motifs is 1. The average Bonchev–Trinajstić information content (AvgIpc) is 3.00. The van der Waals surface area contributed by atoms with Gasteiger partial charge in [-0.25, -0.2) is 0 Å². The summed E-state index contributed by atoms with van der Waals surface area (Å²) in [5, 5.41) is 13.4. The molecule has 1 aromatic carbocycles. The van der Waals surface area contributed by atoms with Crippen LogP contribution in [0.3, 0.4) is 0 Å². The molecule has 2 rings (SSSR count). The van der Waals surface area contributed by atoms with Crippen LogP contribution in [-0.2, 0) is 9.59 Å². The summed E-state index contributed by atoms with van der Waals surface area (Å²) >= 11 is 1.64. The van der Waals surface area contributed by atoms with E-state index in [0.717, 1.165) is 16.7 Å². The van der Waals surface area contributed by atoms with Crippen LogP contribution >= 0.6 is 11.8 Å². The zero-order valence-corrected chi connectivity index (χ0v) is 13.5. The molecule has 3 N–H and O–H groups in total. The lowest BCUT2D eigenvalue weighted by atomic mass is 10.1. The van der Waals surface area contributed by atoms with Crippen LogP contribution in [-0.4, -0.2) is 40.1 Å². The Morgan fingerprint density at radius 3 is 2.95 bits per heavy atom. The van der Waals surface area contributed by atoms with Crippen molar-refractivity contribution in [1.29, 1.82) is 0 Å². The number of anilines is 1. The quantitative estimate of drug-likeness (QED) is 0.729. The number of H-pyrrole nitrogens is 1. The Morgan fingerprint density at radius 2 is 2.23 bits per heavy atom. The van der Waals surface area contributed by atoms with Gasteiger partial charge in [0.2, 0.25) is 11.8 Å². The number of rotatable bonds is 7. The van der Waals surface area contributed by atoms with E-state index in [1.807, 2.05) is 24.5 Å². The van der Waals surface area contributed by atoms with E-state index in [1.54, 1.807) is 24.9 Å². The first-order chi connectivity index (χ1) is 10.7. The Morgan fingerprint density at radius 1 is 1.41 bits per heavy atom. The molecule has 0 aliphatic heterocycles. The molecule has 1 aromatic heterocycles. The van der Waals surface area contributed by atoms with Crippen LogP contribution in [0.1, 0.15) is 19.8 Å². The largest absolute Gasteiger partial charge is 0.344 e. The Bertz CT molecular complexity index is 656. The first-order valence-electron chi connectivity index (χ1n) is 7.17. The van der Waals surface area contributed by atoms with Crippen LogP contribution in [0.15, 0.2) is 24.4 Å². The zero-order valence-electron chi connectivity index (χ0n) is 12.7. The molecule has 118 valence electrons. The molecule has 22 heavy (non-hydrogen) atoms. The number of thioether (sulfide) groups is 1. The van der Waals surface area contributed by atoms with E-state index >= 15 is 0 Å². The number of aromatic amines is 1. The third kappa shape index (κ3) is 4.00. The fourth-order valence-electron chi connectivity index (χ4n) is 2.09. The van der Waals surface area contributed by atoms with Crippen LogP contribution in [0.5, 0.6) is 0 Å². The van der Waals surface area contributed by atoms with Crippen LogP contribution < -0.4 is 10.6 Å². The van der Waals surface area contributed by atoms with Gasteiger partial charge in [-0.2, -0.15) is 16.9 Å². The maximum atomic E-state index is 12.5. The van der Waals surface area contributed by atoms with Crippen molar-refractivity contribution in [2.24, 2.45) is 0 Å². The zero-order chi connectivity index (χ0) is 15.9. The fraction of sp³-hybridized carbons (Fsp3) is 0.400. The third-order valence-electron chi connectivity index (χ3n) is 3.32. The number of benzene rings is 1. The Hall–Kier alpha value is -2.02. The second kappa shape index (κ2) is 7.84. The van der Waals surface area contributed by atoms with Gasteiger partial charge >= 0.3 is 0 Å². The van der Waals surface area contributed by atoms with Gasteiger partial charge in [-0.05, 0) is 24.5 Å². The van der Waals surface area contributed by atoms with E-state index in [0.29, 0.717) is 18.5 Å². The van der Waals surface area contributed by atoms with E-state index in [-0.39, 0.29) is 11.8 Å². The number of carbonyl (C=O) groups excluding carboxylic acids is 2. The lowest BCUT2D eigenvalue weighted by Crippen LogP contribution is -2.44. The standard InChI is InChI=1S/C15H20N4O2S/c1-3-13(20)17-12(7-8-22-2)15(21)18-11-6-4-5-10-9-16-19-14(10)11/h4-6,9,12H,3,7-8H2,1-2H3,(H,16,19)(H,17,20)(H,18,21)/t12-/m1/s1. The topological polar surface area (TPSA) is 86.9 Å². The van der Waals surface area contributed by atoms with E-state index in [2.05, 4.69) is 20.8 Å². The van der Waals surface area contributed by atoms with Crippen molar-refractivity contribution in [3.05, 3.63) is 24.4 Å². The summed E-state index contributed by atoms with van der Waals surface area (Å²) in [5.41, 5.74) is 1.45. The number of amides is 2. The van der Waals surface area contributed by atoms with Crippen molar-refractivity contribution in [3.63, 3.8) is 0 Å². The number of para-hydroxylation sites is 1. The summed E-state index contributed by atoms with van der Waals surface area (Å²) in [7, 11) is 0. The van der Waals surface area contributed by atoms with Crippen LogP contribution in [0.4, 0.5) is 5.69 Å². The summed E-state index contributed by atoms with van der Waals surface area (Å²) in [5.74, 6) is 0.468. The minimum atomic E-state index is -0.530. The first-order valence-corrected chi connectivity index (χ1v) is 8.56. The summed E-state index contributed by atoms with van der Waals surface area (Å²) in [6.45, 7) is 1.77. The van der Waals surface area contributed by atoms with Crippen molar-refractivity contribution in [2.75, 3.05) is 17.3 Å². The van der Waals surface area contributed by atoms with E-state index in [4.69, 9.17) is 0 Å². The van der Waals surface area contributed by atoms with Crippen LogP contribution in [0.25, 0.3) is 10.9 Å². The van der Waals surface area contributed by atoms with Gasteiger partial charge in [-0.15, -0.1) is 0 Å². The van der Waals surface area contributed by atoms with Gasteiger partial charge in [0.1, 0.15) is 6.04 Å². The number of hydrogen-bond donors (Lipinski definition) is 3. The van der Waals surface area contributed by atoms with Crippen LogP contribution in [0.2, 0.25) is 0 Å². The number of aromatic nitrogens is 2. The molecule has 0 saturated carbocycles. The highest BCUT2D eigenvalue weighted by Gasteiger charge is 2.20. The van der Waals surface area contributed by atoms with Gasteiger partial charge in [0.25, 0.3) is 0 Å². The Balaban J connectivity index is 2.12. The SMILES string of the molecule is CCC(=O)N[C@H](CCSC)C(=O)Nc1cccc2cn[nH]c12. The number of hydrogen-bond acceptors (Lipinski definition) is 4. The molecule has 0 aliphatic carbocycles. The molecule has 7 heteroatoms. The van der Waals surface area contributed by atoms with Crippen molar-refractivity contribution in [3.8, 4) is 0 Å². The maximum absolute atomic E-state index is 12.5. The highest BCUT2D eigenvalue weighted by atomic mass is 32.2. The maximum Gasteiger partial charge on any atom is 0.247 e. The van der Waals surface area contributed by atoms with E-state index in [9.17, 15) is 9.59 Å². The van der Waals surface area contributed by atoms with Gasteiger partial charge in [-0.1, -0.05) is 19.1 Å². The molecule has 2 amide bonds. The molecule has 0 aliphatic rings. The average molecular weight is 320 g/mol.